The van der Waals surface area contributed by atoms with E-state index in [0.29, 0.717) is 29.6 Å². The van der Waals surface area contributed by atoms with Gasteiger partial charge in [-0.3, -0.25) is 19.5 Å². The minimum absolute atomic E-state index is 0.00722. The van der Waals surface area contributed by atoms with Gasteiger partial charge in [-0.05, 0) is 36.8 Å². The van der Waals surface area contributed by atoms with E-state index >= 15 is 0 Å². The van der Waals surface area contributed by atoms with Gasteiger partial charge in [-0.2, -0.15) is 0 Å². The van der Waals surface area contributed by atoms with Crippen molar-refractivity contribution in [3.63, 3.8) is 0 Å². The van der Waals surface area contributed by atoms with Crippen molar-refractivity contribution in [1.82, 2.24) is 19.7 Å². The minimum atomic E-state index is -0.437. The van der Waals surface area contributed by atoms with Gasteiger partial charge in [0, 0.05) is 36.5 Å². The first kappa shape index (κ1) is 23.2. The Morgan fingerprint density at radius 1 is 0.971 bits per heavy atom. The number of carbonyl (C=O) groups is 1. The number of benzene rings is 3. The Hall–Kier alpha value is -3.98. The molecule has 0 atom stereocenters. The Morgan fingerprint density at radius 3 is 2.24 bits per heavy atom. The van der Waals surface area contributed by atoms with Crippen LogP contribution in [-0.4, -0.2) is 42.8 Å². The Bertz CT molecular complexity index is 1260. The van der Waals surface area contributed by atoms with Gasteiger partial charge >= 0.3 is 0 Å². The summed E-state index contributed by atoms with van der Waals surface area (Å²) in [5.74, 6) is 0.773. The fourth-order valence-corrected chi connectivity index (χ4v) is 4.34. The van der Waals surface area contributed by atoms with Gasteiger partial charge in [0.05, 0.1) is 10.7 Å². The zero-order valence-corrected chi connectivity index (χ0v) is 19.4. The summed E-state index contributed by atoms with van der Waals surface area (Å²) in [4.78, 5) is 25.4. The summed E-state index contributed by atoms with van der Waals surface area (Å²) in [6.45, 7) is 3.12. The van der Waals surface area contributed by atoms with Crippen LogP contribution in [0.1, 0.15) is 12.5 Å². The van der Waals surface area contributed by atoms with Gasteiger partial charge in [0.2, 0.25) is 5.91 Å². The molecule has 0 fully saturated rings. The molecule has 3 aromatic carbocycles. The number of para-hydroxylation sites is 1. The third-order valence-corrected chi connectivity index (χ3v) is 6.17. The van der Waals surface area contributed by atoms with Gasteiger partial charge in [-0.15, -0.1) is 10.2 Å². The van der Waals surface area contributed by atoms with Gasteiger partial charge < -0.3 is 4.90 Å². The zero-order valence-electron chi connectivity index (χ0n) is 18.6. The second-order valence-electron chi connectivity index (χ2n) is 7.46. The average molecular weight is 474 g/mol. The lowest BCUT2D eigenvalue weighted by molar-refractivity contribution is -0.384. The minimum Gasteiger partial charge on any atom is -0.338 e. The molecule has 1 heterocycles. The predicted octanol–water partition coefficient (Wildman–Crippen LogP) is 4.98. The third-order valence-electron chi connectivity index (χ3n) is 5.26. The number of non-ortho nitro benzene ring substituents is 1. The molecule has 0 N–H and O–H groups in total. The van der Waals surface area contributed by atoms with Crippen LogP contribution >= 0.6 is 11.8 Å². The second kappa shape index (κ2) is 10.8. The maximum atomic E-state index is 13.0. The number of thioether (sulfide) groups is 1. The van der Waals surface area contributed by atoms with E-state index < -0.39 is 4.92 Å². The Morgan fingerprint density at radius 2 is 1.62 bits per heavy atom. The molecule has 0 radical (unpaired) electrons. The number of rotatable bonds is 9. The van der Waals surface area contributed by atoms with E-state index in [1.54, 1.807) is 12.1 Å². The van der Waals surface area contributed by atoms with Gasteiger partial charge in [-0.1, -0.05) is 60.3 Å². The van der Waals surface area contributed by atoms with Crippen molar-refractivity contribution in [3.8, 4) is 17.1 Å². The number of carbonyl (C=O) groups excluding carboxylic acids is 1. The zero-order chi connectivity index (χ0) is 23.9. The lowest BCUT2D eigenvalue weighted by atomic mass is 10.2. The van der Waals surface area contributed by atoms with E-state index in [0.717, 1.165) is 11.3 Å². The SMILES string of the molecule is CCN(Cc1ccccc1)C(=O)CSc1nnc(-c2ccc([N+](=O)[O-])cc2)n1-c1ccccc1. The van der Waals surface area contributed by atoms with E-state index in [1.807, 2.05) is 77.1 Å². The Balaban J connectivity index is 1.58. The van der Waals surface area contributed by atoms with Crippen LogP contribution in [0.4, 0.5) is 5.69 Å². The van der Waals surface area contributed by atoms with Crippen LogP contribution in [0, 0.1) is 10.1 Å². The standard InChI is InChI=1S/C25H23N5O3S/c1-2-28(17-19-9-5-3-6-10-19)23(31)18-34-25-27-26-24(29(25)21-11-7-4-8-12-21)20-13-15-22(16-14-20)30(32)33/h3-16H,2,17-18H2,1H3. The van der Waals surface area contributed by atoms with Gasteiger partial charge in [0.15, 0.2) is 11.0 Å². The molecule has 8 nitrogen and oxygen atoms in total. The summed E-state index contributed by atoms with van der Waals surface area (Å²) in [7, 11) is 0. The molecule has 172 valence electrons. The number of amides is 1. The molecule has 0 aliphatic carbocycles. The summed E-state index contributed by atoms with van der Waals surface area (Å²) in [6, 6.07) is 25.7. The molecule has 0 saturated carbocycles. The highest BCUT2D eigenvalue weighted by atomic mass is 32.2. The number of nitro groups is 1. The van der Waals surface area contributed by atoms with E-state index in [1.165, 1.54) is 23.9 Å². The molecule has 4 aromatic rings. The molecule has 0 unspecified atom stereocenters. The molecule has 0 saturated heterocycles. The Kier molecular flexibility index (Phi) is 7.34. The van der Waals surface area contributed by atoms with Crippen molar-refractivity contribution in [2.75, 3.05) is 12.3 Å². The monoisotopic (exact) mass is 473 g/mol. The van der Waals surface area contributed by atoms with Crippen LogP contribution in [0.5, 0.6) is 0 Å². The molecule has 0 spiro atoms. The largest absolute Gasteiger partial charge is 0.338 e. The van der Waals surface area contributed by atoms with Crippen LogP contribution in [0.25, 0.3) is 17.1 Å². The highest BCUT2D eigenvalue weighted by molar-refractivity contribution is 7.99. The van der Waals surface area contributed by atoms with Gasteiger partial charge in [-0.25, -0.2) is 0 Å². The van der Waals surface area contributed by atoms with Crippen molar-refractivity contribution in [2.45, 2.75) is 18.6 Å². The third kappa shape index (κ3) is 5.32. The van der Waals surface area contributed by atoms with Crippen LogP contribution in [-0.2, 0) is 11.3 Å². The maximum absolute atomic E-state index is 13.0. The normalized spacial score (nSPS) is 10.7. The van der Waals surface area contributed by atoms with Crippen molar-refractivity contribution in [2.24, 2.45) is 0 Å². The highest BCUT2D eigenvalue weighted by Crippen LogP contribution is 2.29. The van der Waals surface area contributed by atoms with Crippen LogP contribution < -0.4 is 0 Å². The molecule has 0 aliphatic rings. The molecular weight excluding hydrogens is 450 g/mol. The fourth-order valence-electron chi connectivity index (χ4n) is 3.49. The van der Waals surface area contributed by atoms with Gasteiger partial charge in [0.1, 0.15) is 0 Å². The molecule has 0 bridgehead atoms. The summed E-state index contributed by atoms with van der Waals surface area (Å²) < 4.78 is 1.87. The Labute approximate surface area is 201 Å². The number of hydrogen-bond acceptors (Lipinski definition) is 6. The molecular formula is C25H23N5O3S. The van der Waals surface area contributed by atoms with Crippen LogP contribution in [0.3, 0.4) is 0 Å². The summed E-state index contributed by atoms with van der Waals surface area (Å²) in [5.41, 5.74) is 2.62. The first-order chi connectivity index (χ1) is 16.6. The second-order valence-corrected chi connectivity index (χ2v) is 8.41. The van der Waals surface area contributed by atoms with E-state index in [4.69, 9.17) is 0 Å². The number of hydrogen-bond donors (Lipinski definition) is 0. The molecule has 34 heavy (non-hydrogen) atoms. The number of aromatic nitrogens is 3. The van der Waals surface area contributed by atoms with Crippen molar-refractivity contribution in [1.29, 1.82) is 0 Å². The molecule has 4 rings (SSSR count). The average Bonchev–Trinajstić information content (AvgIpc) is 3.31. The quantitative estimate of drug-likeness (QED) is 0.193. The van der Waals surface area contributed by atoms with Crippen LogP contribution in [0.2, 0.25) is 0 Å². The van der Waals surface area contributed by atoms with Crippen molar-refractivity contribution in [3.05, 3.63) is 101 Å². The first-order valence-corrected chi connectivity index (χ1v) is 11.8. The number of nitro benzene ring substituents is 1. The molecule has 9 heteroatoms. The smallest absolute Gasteiger partial charge is 0.269 e. The topological polar surface area (TPSA) is 94.2 Å². The number of nitrogens with zero attached hydrogens (tertiary/aromatic N) is 5. The van der Waals surface area contributed by atoms with E-state index in [-0.39, 0.29) is 17.3 Å². The van der Waals surface area contributed by atoms with Crippen LogP contribution in [0.15, 0.2) is 90.1 Å². The van der Waals surface area contributed by atoms with Gasteiger partial charge in [0.25, 0.3) is 5.69 Å². The summed E-state index contributed by atoms with van der Waals surface area (Å²) in [6.07, 6.45) is 0. The fraction of sp³-hybridized carbons (Fsp3) is 0.160. The van der Waals surface area contributed by atoms with E-state index in [9.17, 15) is 14.9 Å². The predicted molar refractivity (Wildman–Crippen MR) is 132 cm³/mol. The van der Waals surface area contributed by atoms with Crippen molar-refractivity contribution < 1.29 is 9.72 Å². The molecule has 0 aliphatic heterocycles. The summed E-state index contributed by atoms with van der Waals surface area (Å²) >= 11 is 1.32. The lowest BCUT2D eigenvalue weighted by Gasteiger charge is -2.21. The maximum Gasteiger partial charge on any atom is 0.269 e. The van der Waals surface area contributed by atoms with E-state index in [2.05, 4.69) is 10.2 Å². The first-order valence-electron chi connectivity index (χ1n) is 10.8. The highest BCUT2D eigenvalue weighted by Gasteiger charge is 2.20. The molecule has 1 amide bonds. The molecule has 1 aromatic heterocycles. The summed E-state index contributed by atoms with van der Waals surface area (Å²) in [5, 5.41) is 20.3. The lowest BCUT2D eigenvalue weighted by Crippen LogP contribution is -2.31. The van der Waals surface area contributed by atoms with Crippen molar-refractivity contribution >= 4 is 23.4 Å².